The lowest BCUT2D eigenvalue weighted by atomic mass is 9.53. The quantitative estimate of drug-likeness (QED) is 0.466. The summed E-state index contributed by atoms with van der Waals surface area (Å²) in [6.45, 7) is 4.79. The number of hydrogen-bond acceptors (Lipinski definition) is 5. The van der Waals surface area contributed by atoms with Crippen LogP contribution in [-0.4, -0.2) is 51.1 Å². The molecule has 2 saturated heterocycles. The second-order valence-electron chi connectivity index (χ2n) is 10.3. The maximum atomic E-state index is 6.73. The molecule has 2 heterocycles. The molecule has 5 heteroatoms. The summed E-state index contributed by atoms with van der Waals surface area (Å²) in [5.74, 6) is 3.15. The molecule has 164 valence electrons. The van der Waals surface area contributed by atoms with Crippen LogP contribution in [0, 0.1) is 29.6 Å². The van der Waals surface area contributed by atoms with Gasteiger partial charge in [-0.15, -0.1) is 6.58 Å². The minimum absolute atomic E-state index is 0.0745. The molecule has 1 N–H and O–H groups in total. The van der Waals surface area contributed by atoms with E-state index in [4.69, 9.17) is 18.9 Å². The number of methoxy groups -OCH3 is 2. The van der Waals surface area contributed by atoms with E-state index in [1.54, 1.807) is 14.2 Å². The van der Waals surface area contributed by atoms with E-state index >= 15 is 0 Å². The molecule has 29 heavy (non-hydrogen) atoms. The summed E-state index contributed by atoms with van der Waals surface area (Å²) >= 11 is 0. The molecule has 0 aromatic carbocycles. The van der Waals surface area contributed by atoms with Crippen molar-refractivity contribution >= 4 is 0 Å². The van der Waals surface area contributed by atoms with Gasteiger partial charge in [-0.1, -0.05) is 18.9 Å². The van der Waals surface area contributed by atoms with Gasteiger partial charge >= 0.3 is 0 Å². The van der Waals surface area contributed by atoms with Crippen molar-refractivity contribution in [2.75, 3.05) is 27.8 Å². The molecule has 0 aromatic rings. The molecule has 0 amide bonds. The Morgan fingerprint density at radius 2 is 1.93 bits per heavy atom. The summed E-state index contributed by atoms with van der Waals surface area (Å²) in [6, 6.07) is 0.584. The molecule has 6 aliphatic rings. The topological polar surface area (TPSA) is 49.0 Å². The minimum Gasteiger partial charge on any atom is -0.359 e. The second-order valence-corrected chi connectivity index (χ2v) is 10.3. The molecule has 0 unspecified atom stereocenters. The smallest absolute Gasteiger partial charge is 0.147 e. The highest BCUT2D eigenvalue weighted by atomic mass is 16.7. The maximum absolute atomic E-state index is 6.73. The first kappa shape index (κ1) is 20.4. The van der Waals surface area contributed by atoms with Gasteiger partial charge in [-0.25, -0.2) is 0 Å². The molecular weight excluding hydrogens is 366 g/mol. The van der Waals surface area contributed by atoms with Crippen molar-refractivity contribution in [3.8, 4) is 0 Å². The Kier molecular flexibility index (Phi) is 5.57. The van der Waals surface area contributed by atoms with Crippen LogP contribution in [0.4, 0.5) is 0 Å². The molecule has 6 fully saturated rings. The summed E-state index contributed by atoms with van der Waals surface area (Å²) in [6.07, 6.45) is 13.5. The van der Waals surface area contributed by atoms with Gasteiger partial charge in [0.05, 0.1) is 11.7 Å². The van der Waals surface area contributed by atoms with Gasteiger partial charge in [0.1, 0.15) is 13.6 Å². The van der Waals surface area contributed by atoms with E-state index in [-0.39, 0.29) is 11.1 Å². The fraction of sp³-hybridized carbons (Fsp3) is 0.917. The fourth-order valence-electron chi connectivity index (χ4n) is 8.78. The van der Waals surface area contributed by atoms with Gasteiger partial charge < -0.3 is 24.3 Å². The molecule has 0 aromatic heterocycles. The van der Waals surface area contributed by atoms with Crippen LogP contribution >= 0.6 is 0 Å². The number of allylic oxidation sites excluding steroid dienone is 1. The first-order valence-corrected chi connectivity index (χ1v) is 11.8. The highest BCUT2D eigenvalue weighted by Crippen LogP contribution is 2.71. The van der Waals surface area contributed by atoms with E-state index in [0.29, 0.717) is 49.4 Å². The molecular formula is C24H39NO4. The average molecular weight is 406 g/mol. The molecule has 6 rings (SSSR count). The zero-order chi connectivity index (χ0) is 20.1. The summed E-state index contributed by atoms with van der Waals surface area (Å²) in [5.41, 5.74) is 0.177. The number of ether oxygens (including phenoxy) is 4. The van der Waals surface area contributed by atoms with Gasteiger partial charge in [-0.3, -0.25) is 0 Å². The van der Waals surface area contributed by atoms with Gasteiger partial charge in [-0.2, -0.15) is 0 Å². The second kappa shape index (κ2) is 7.90. The van der Waals surface area contributed by atoms with E-state index in [1.165, 1.54) is 38.5 Å². The highest BCUT2D eigenvalue weighted by molar-refractivity contribution is 5.31. The van der Waals surface area contributed by atoms with Crippen LogP contribution in [0.15, 0.2) is 12.7 Å². The molecule has 2 aliphatic heterocycles. The lowest BCUT2D eigenvalue weighted by Crippen LogP contribution is -2.72. The van der Waals surface area contributed by atoms with Crippen LogP contribution in [0.2, 0.25) is 0 Å². The number of nitrogens with one attached hydrogen (secondary N) is 1. The van der Waals surface area contributed by atoms with E-state index in [2.05, 4.69) is 18.0 Å². The number of piperidine rings is 1. The SMILES string of the molecule is C=CCC[C@@H]1[C@@H]2C[C@H]3C[C@]1(OCOC)[C@@H]1C[C@@H](OCOC)[C@@H]4CCCC[C@H]4[C@]31N2. The van der Waals surface area contributed by atoms with Gasteiger partial charge in [-0.05, 0) is 62.7 Å². The van der Waals surface area contributed by atoms with Gasteiger partial charge in [0.25, 0.3) is 0 Å². The van der Waals surface area contributed by atoms with Crippen molar-refractivity contribution in [1.29, 1.82) is 0 Å². The van der Waals surface area contributed by atoms with E-state index in [1.807, 2.05) is 0 Å². The Hall–Kier alpha value is -0.460. The average Bonchev–Trinajstić information content (AvgIpc) is 3.16. The van der Waals surface area contributed by atoms with Gasteiger partial charge in [0.2, 0.25) is 0 Å². The molecule has 4 saturated carbocycles. The first-order valence-electron chi connectivity index (χ1n) is 11.8. The van der Waals surface area contributed by atoms with Crippen LogP contribution < -0.4 is 5.32 Å². The van der Waals surface area contributed by atoms with Crippen LogP contribution in [-0.2, 0) is 18.9 Å². The maximum Gasteiger partial charge on any atom is 0.147 e. The van der Waals surface area contributed by atoms with E-state index < -0.39 is 0 Å². The van der Waals surface area contributed by atoms with E-state index in [0.717, 1.165) is 25.2 Å². The molecule has 4 aliphatic carbocycles. The van der Waals surface area contributed by atoms with Crippen molar-refractivity contribution in [1.82, 2.24) is 5.32 Å². The predicted molar refractivity (Wildman–Crippen MR) is 111 cm³/mol. The normalized spacial score (nSPS) is 49.8. The Morgan fingerprint density at radius 3 is 2.72 bits per heavy atom. The van der Waals surface area contributed by atoms with Crippen LogP contribution in [0.3, 0.4) is 0 Å². The van der Waals surface area contributed by atoms with Crippen molar-refractivity contribution in [3.63, 3.8) is 0 Å². The van der Waals surface area contributed by atoms with Crippen molar-refractivity contribution in [2.24, 2.45) is 29.6 Å². The summed E-state index contributed by atoms with van der Waals surface area (Å²) in [7, 11) is 3.49. The molecule has 1 spiro atoms. The van der Waals surface area contributed by atoms with Crippen molar-refractivity contribution in [3.05, 3.63) is 12.7 Å². The lowest BCUT2D eigenvalue weighted by Gasteiger charge is -2.61. The summed E-state index contributed by atoms with van der Waals surface area (Å²) in [4.78, 5) is 0. The zero-order valence-corrected chi connectivity index (χ0v) is 18.2. The van der Waals surface area contributed by atoms with Crippen molar-refractivity contribution < 1.29 is 18.9 Å². The molecule has 5 nitrogen and oxygen atoms in total. The lowest BCUT2D eigenvalue weighted by molar-refractivity contribution is -0.232. The third-order valence-corrected chi connectivity index (χ3v) is 9.40. The Morgan fingerprint density at radius 1 is 1.10 bits per heavy atom. The van der Waals surface area contributed by atoms with Crippen LogP contribution in [0.25, 0.3) is 0 Å². The van der Waals surface area contributed by atoms with Gasteiger partial charge in [0, 0.05) is 37.6 Å². The Balaban J connectivity index is 1.53. The fourth-order valence-corrected chi connectivity index (χ4v) is 8.78. The largest absolute Gasteiger partial charge is 0.359 e. The Bertz CT molecular complexity index is 614. The highest BCUT2D eigenvalue weighted by Gasteiger charge is 2.77. The van der Waals surface area contributed by atoms with Crippen LogP contribution in [0.1, 0.15) is 57.8 Å². The Labute approximate surface area is 175 Å². The summed E-state index contributed by atoms with van der Waals surface area (Å²) in [5, 5.41) is 4.29. The van der Waals surface area contributed by atoms with Crippen LogP contribution in [0.5, 0.6) is 0 Å². The minimum atomic E-state index is -0.0745. The van der Waals surface area contributed by atoms with E-state index in [9.17, 15) is 0 Å². The third kappa shape index (κ3) is 2.84. The third-order valence-electron chi connectivity index (χ3n) is 9.40. The molecule has 4 bridgehead atoms. The molecule has 9 atom stereocenters. The summed E-state index contributed by atoms with van der Waals surface area (Å²) < 4.78 is 23.8. The number of rotatable bonds is 9. The zero-order valence-electron chi connectivity index (χ0n) is 18.2. The van der Waals surface area contributed by atoms with Gasteiger partial charge in [0.15, 0.2) is 0 Å². The standard InChI is InChI=1S/C24H39NO4/c1-4-5-9-19-20-11-16-13-23(19,29-15-27-3)22-12-21(28-14-26-2)17-8-6-7-10-18(17)24(16,22)25-20/h4,16-22,25H,1,5-15H2,2-3H3/t16-,17+,18+,19+,20-,21+,22-,23+,24+/m0/s1. The first-order chi connectivity index (χ1) is 14.2. The number of hydrogen-bond donors (Lipinski definition) is 1. The predicted octanol–water partition coefficient (Wildman–Crippen LogP) is 3.88. The monoisotopic (exact) mass is 405 g/mol. The number of fused-ring (bicyclic) bond motifs is 1. The molecule has 0 radical (unpaired) electrons. The van der Waals surface area contributed by atoms with Crippen molar-refractivity contribution in [2.45, 2.75) is 81.1 Å².